The molecule has 3 rings (SSSR count). The largest absolute Gasteiger partial charge is 0.292 e. The van der Waals surface area contributed by atoms with Crippen molar-refractivity contribution in [1.29, 1.82) is 0 Å². The van der Waals surface area contributed by atoms with Crippen molar-refractivity contribution in [3.8, 4) is 0 Å². The van der Waals surface area contributed by atoms with E-state index < -0.39 is 5.82 Å². The highest BCUT2D eigenvalue weighted by atomic mass is 35.5. The van der Waals surface area contributed by atoms with E-state index in [1.165, 1.54) is 35.2 Å². The van der Waals surface area contributed by atoms with Crippen molar-refractivity contribution in [2.45, 2.75) is 6.54 Å². The van der Waals surface area contributed by atoms with Crippen LogP contribution in [-0.4, -0.2) is 15.3 Å². The molecule has 0 bridgehead atoms. The molecular formula is C16H10ClFN2O2. The van der Waals surface area contributed by atoms with E-state index >= 15 is 0 Å². The molecule has 0 spiro atoms. The zero-order valence-corrected chi connectivity index (χ0v) is 12.0. The van der Waals surface area contributed by atoms with Crippen LogP contribution >= 0.6 is 11.6 Å². The summed E-state index contributed by atoms with van der Waals surface area (Å²) in [6.07, 6.45) is 1.31. The Morgan fingerprint density at radius 3 is 2.64 bits per heavy atom. The molecule has 0 N–H and O–H groups in total. The molecule has 22 heavy (non-hydrogen) atoms. The first-order chi connectivity index (χ1) is 10.5. The van der Waals surface area contributed by atoms with Crippen LogP contribution in [0.3, 0.4) is 0 Å². The molecule has 1 aromatic heterocycles. The maximum absolute atomic E-state index is 12.9. The molecule has 4 nitrogen and oxygen atoms in total. The average molecular weight is 317 g/mol. The third kappa shape index (κ3) is 2.76. The van der Waals surface area contributed by atoms with E-state index in [1.807, 2.05) is 0 Å². The van der Waals surface area contributed by atoms with E-state index in [0.717, 1.165) is 0 Å². The highest BCUT2D eigenvalue weighted by Crippen LogP contribution is 2.14. The van der Waals surface area contributed by atoms with Gasteiger partial charge in [-0.15, -0.1) is 0 Å². The monoisotopic (exact) mass is 316 g/mol. The molecule has 1 heterocycles. The molecular weight excluding hydrogens is 307 g/mol. The van der Waals surface area contributed by atoms with Crippen LogP contribution < -0.4 is 5.56 Å². The summed E-state index contributed by atoms with van der Waals surface area (Å²) in [6.45, 7) is -0.157. The predicted molar refractivity (Wildman–Crippen MR) is 81.7 cm³/mol. The number of fused-ring (bicyclic) bond motifs is 1. The first-order valence-electron chi connectivity index (χ1n) is 6.48. The second kappa shape index (κ2) is 5.69. The molecule has 3 aromatic rings. The quantitative estimate of drug-likeness (QED) is 0.698. The number of nitrogens with zero attached hydrogens (tertiary/aromatic N) is 2. The maximum Gasteiger partial charge on any atom is 0.261 e. The van der Waals surface area contributed by atoms with Crippen LogP contribution in [0.4, 0.5) is 4.39 Å². The van der Waals surface area contributed by atoms with Gasteiger partial charge in [-0.05, 0) is 42.5 Å². The zero-order chi connectivity index (χ0) is 15.7. The summed E-state index contributed by atoms with van der Waals surface area (Å²) in [6, 6.07) is 9.94. The number of carbonyl (C=O) groups is 1. The third-order valence-electron chi connectivity index (χ3n) is 3.27. The average Bonchev–Trinajstić information content (AvgIpc) is 2.50. The fraction of sp³-hybridized carbons (Fsp3) is 0.0625. The van der Waals surface area contributed by atoms with E-state index in [1.54, 1.807) is 18.2 Å². The van der Waals surface area contributed by atoms with Gasteiger partial charge in [0, 0.05) is 10.6 Å². The first kappa shape index (κ1) is 14.4. The Labute approximate surface area is 129 Å². The van der Waals surface area contributed by atoms with Crippen LogP contribution in [0.25, 0.3) is 10.9 Å². The molecule has 0 aliphatic heterocycles. The number of ketones is 1. The molecule has 2 aromatic carbocycles. The van der Waals surface area contributed by atoms with E-state index in [-0.39, 0.29) is 17.9 Å². The molecule has 0 fully saturated rings. The van der Waals surface area contributed by atoms with Crippen molar-refractivity contribution >= 4 is 28.3 Å². The number of Topliss-reactive ketones (excluding diaryl/α,β-unsaturated/α-hetero) is 1. The Bertz CT molecular complexity index is 920. The van der Waals surface area contributed by atoms with Gasteiger partial charge in [0.05, 0.1) is 23.8 Å². The van der Waals surface area contributed by atoms with E-state index in [0.29, 0.717) is 21.5 Å². The lowest BCUT2D eigenvalue weighted by molar-refractivity contribution is 0.0970. The summed E-state index contributed by atoms with van der Waals surface area (Å²) in [5, 5.41) is 0.873. The number of rotatable bonds is 3. The lowest BCUT2D eigenvalue weighted by Gasteiger charge is -2.06. The number of carbonyl (C=O) groups excluding carboxylic acids is 1. The fourth-order valence-electron chi connectivity index (χ4n) is 2.13. The van der Waals surface area contributed by atoms with Gasteiger partial charge in [0.15, 0.2) is 5.78 Å². The van der Waals surface area contributed by atoms with E-state index in [9.17, 15) is 14.0 Å². The molecule has 0 radical (unpaired) electrons. The second-order valence-electron chi connectivity index (χ2n) is 4.77. The molecule has 0 aliphatic carbocycles. The lowest BCUT2D eigenvalue weighted by Crippen LogP contribution is -2.24. The minimum atomic E-state index is -0.419. The standard InChI is InChI=1S/C16H10ClFN2O2/c17-11-3-6-13-14(7-11)19-9-20(16(13)22)8-15(21)10-1-4-12(18)5-2-10/h1-7,9H,8H2. The SMILES string of the molecule is O=C(Cn1cnc2cc(Cl)ccc2c1=O)c1ccc(F)cc1. The van der Waals surface area contributed by atoms with Gasteiger partial charge < -0.3 is 0 Å². The number of halogens is 2. The van der Waals surface area contributed by atoms with Gasteiger partial charge in [0.2, 0.25) is 0 Å². The Morgan fingerprint density at radius 1 is 1.18 bits per heavy atom. The minimum absolute atomic E-state index is 0.157. The Morgan fingerprint density at radius 2 is 1.91 bits per heavy atom. The van der Waals surface area contributed by atoms with Gasteiger partial charge in [0.1, 0.15) is 5.82 Å². The van der Waals surface area contributed by atoms with Crippen molar-refractivity contribution in [2.24, 2.45) is 0 Å². The van der Waals surface area contributed by atoms with E-state index in [2.05, 4.69) is 4.98 Å². The highest BCUT2D eigenvalue weighted by Gasteiger charge is 2.10. The van der Waals surface area contributed by atoms with Gasteiger partial charge >= 0.3 is 0 Å². The van der Waals surface area contributed by atoms with Gasteiger partial charge in [-0.25, -0.2) is 9.37 Å². The third-order valence-corrected chi connectivity index (χ3v) is 3.50. The highest BCUT2D eigenvalue weighted by molar-refractivity contribution is 6.31. The second-order valence-corrected chi connectivity index (χ2v) is 5.21. The van der Waals surface area contributed by atoms with Crippen LogP contribution in [0, 0.1) is 5.82 Å². The molecule has 0 unspecified atom stereocenters. The Kier molecular flexibility index (Phi) is 3.73. The van der Waals surface area contributed by atoms with Crippen molar-refractivity contribution in [1.82, 2.24) is 9.55 Å². The molecule has 0 saturated carbocycles. The summed E-state index contributed by atoms with van der Waals surface area (Å²) in [7, 11) is 0. The molecule has 6 heteroatoms. The zero-order valence-electron chi connectivity index (χ0n) is 11.3. The molecule has 0 amide bonds. The molecule has 0 saturated heterocycles. The van der Waals surface area contributed by atoms with Crippen LogP contribution in [0.15, 0.2) is 53.6 Å². The predicted octanol–water partition coefficient (Wildman–Crippen LogP) is 3.07. The Balaban J connectivity index is 1.95. The number of aromatic nitrogens is 2. The molecule has 0 atom stereocenters. The first-order valence-corrected chi connectivity index (χ1v) is 6.86. The molecule has 110 valence electrons. The van der Waals surface area contributed by atoms with Gasteiger partial charge in [-0.2, -0.15) is 0 Å². The summed E-state index contributed by atoms with van der Waals surface area (Å²) in [5.74, 6) is -0.713. The maximum atomic E-state index is 12.9. The summed E-state index contributed by atoms with van der Waals surface area (Å²) in [4.78, 5) is 28.6. The number of hydrogen-bond donors (Lipinski definition) is 0. The van der Waals surface area contributed by atoms with Crippen molar-refractivity contribution in [3.63, 3.8) is 0 Å². The summed E-state index contributed by atoms with van der Waals surface area (Å²) in [5.41, 5.74) is 0.490. The summed E-state index contributed by atoms with van der Waals surface area (Å²) >= 11 is 5.85. The topological polar surface area (TPSA) is 52.0 Å². The Hall–Kier alpha value is -2.53. The minimum Gasteiger partial charge on any atom is -0.292 e. The number of benzene rings is 2. The van der Waals surface area contributed by atoms with Crippen LogP contribution in [0.2, 0.25) is 5.02 Å². The van der Waals surface area contributed by atoms with Crippen molar-refractivity contribution < 1.29 is 9.18 Å². The van der Waals surface area contributed by atoms with Crippen LogP contribution in [-0.2, 0) is 6.54 Å². The van der Waals surface area contributed by atoms with Crippen molar-refractivity contribution in [3.05, 3.63) is 75.5 Å². The van der Waals surface area contributed by atoms with Gasteiger partial charge in [-0.3, -0.25) is 14.2 Å². The fourth-order valence-corrected chi connectivity index (χ4v) is 2.29. The molecule has 0 aliphatic rings. The van der Waals surface area contributed by atoms with Crippen LogP contribution in [0.1, 0.15) is 10.4 Å². The smallest absolute Gasteiger partial charge is 0.261 e. The van der Waals surface area contributed by atoms with Crippen LogP contribution in [0.5, 0.6) is 0 Å². The van der Waals surface area contributed by atoms with Crippen molar-refractivity contribution in [2.75, 3.05) is 0 Å². The number of hydrogen-bond acceptors (Lipinski definition) is 3. The lowest BCUT2D eigenvalue weighted by atomic mass is 10.1. The van der Waals surface area contributed by atoms with E-state index in [4.69, 9.17) is 11.6 Å². The van der Waals surface area contributed by atoms with Gasteiger partial charge in [0.25, 0.3) is 5.56 Å². The van der Waals surface area contributed by atoms with Gasteiger partial charge in [-0.1, -0.05) is 11.6 Å². The summed E-state index contributed by atoms with van der Waals surface area (Å²) < 4.78 is 14.1. The normalized spacial score (nSPS) is 10.8.